The van der Waals surface area contributed by atoms with Crippen molar-refractivity contribution in [1.82, 2.24) is 0 Å². The number of benzene rings is 1. The molecule has 0 amide bonds. The quantitative estimate of drug-likeness (QED) is 0.467. The normalized spacial score (nSPS) is 11.9. The number of aliphatic hydroxyl groups is 1. The summed E-state index contributed by atoms with van der Waals surface area (Å²) in [4.78, 5) is 19.3. The fourth-order valence-electron chi connectivity index (χ4n) is 1.27. The largest absolute Gasteiger partial charge is 0.390 e. The van der Waals surface area contributed by atoms with E-state index in [2.05, 4.69) is 5.32 Å². The predicted molar refractivity (Wildman–Crippen MR) is 64.9 cm³/mol. The first-order valence-electron chi connectivity index (χ1n) is 4.97. The summed E-state index contributed by atoms with van der Waals surface area (Å²) in [5.41, 5.74) is -1.91. The molecule has 8 nitrogen and oxygen atoms in total. The molecule has 0 bridgehead atoms. The van der Waals surface area contributed by atoms with E-state index in [4.69, 9.17) is 11.6 Å². The Morgan fingerprint density at radius 1 is 1.32 bits per heavy atom. The Kier molecular flexibility index (Phi) is 4.95. The molecule has 1 unspecified atom stereocenters. The van der Waals surface area contributed by atoms with Gasteiger partial charge in [-0.05, 0) is 0 Å². The van der Waals surface area contributed by atoms with Gasteiger partial charge in [0.15, 0.2) is 0 Å². The van der Waals surface area contributed by atoms with Gasteiger partial charge in [-0.1, -0.05) is 0 Å². The van der Waals surface area contributed by atoms with Crippen LogP contribution in [0.15, 0.2) is 12.1 Å². The fraction of sp³-hybridized carbons (Fsp3) is 0.333. The van der Waals surface area contributed by atoms with Crippen molar-refractivity contribution in [3.05, 3.63) is 38.2 Å². The Hall–Kier alpha value is -2.00. The number of nitrogens with one attached hydrogen (secondary N) is 1. The van der Waals surface area contributed by atoms with Gasteiger partial charge in [0.2, 0.25) is 5.82 Å². The molecule has 0 saturated carbocycles. The molecule has 0 aromatic heterocycles. The lowest BCUT2D eigenvalue weighted by Gasteiger charge is -2.10. The maximum Gasteiger partial charge on any atom is 0.311 e. The van der Waals surface area contributed by atoms with Crippen molar-refractivity contribution < 1.29 is 19.3 Å². The van der Waals surface area contributed by atoms with Crippen LogP contribution in [-0.2, 0) is 0 Å². The van der Waals surface area contributed by atoms with Gasteiger partial charge >= 0.3 is 5.69 Å². The lowest BCUT2D eigenvalue weighted by atomic mass is 10.2. The first kappa shape index (κ1) is 15.1. The lowest BCUT2D eigenvalue weighted by Crippen LogP contribution is -2.21. The molecule has 1 atom stereocenters. The summed E-state index contributed by atoms with van der Waals surface area (Å²) in [6, 6.07) is 1.15. The second-order valence-electron chi connectivity index (χ2n) is 3.52. The van der Waals surface area contributed by atoms with E-state index in [0.29, 0.717) is 12.1 Å². The van der Waals surface area contributed by atoms with Gasteiger partial charge in [-0.25, -0.2) is 0 Å². The molecule has 1 aromatic carbocycles. The van der Waals surface area contributed by atoms with Gasteiger partial charge in [-0.2, -0.15) is 4.39 Å². The Labute approximate surface area is 111 Å². The number of nitrogens with zero attached hydrogens (tertiary/aromatic N) is 2. The predicted octanol–water partition coefficient (Wildman–Crippen LogP) is 1.65. The van der Waals surface area contributed by atoms with Crippen LogP contribution in [0.25, 0.3) is 0 Å². The number of aliphatic hydroxyl groups excluding tert-OH is 1. The van der Waals surface area contributed by atoms with Crippen molar-refractivity contribution in [3.63, 3.8) is 0 Å². The number of rotatable bonds is 6. The number of hydrogen-bond acceptors (Lipinski definition) is 6. The van der Waals surface area contributed by atoms with Crippen molar-refractivity contribution in [3.8, 4) is 0 Å². The average molecular weight is 294 g/mol. The monoisotopic (exact) mass is 293 g/mol. The molecule has 0 heterocycles. The topological polar surface area (TPSA) is 119 Å². The van der Waals surface area contributed by atoms with Crippen LogP contribution in [0, 0.1) is 26.0 Å². The van der Waals surface area contributed by atoms with E-state index >= 15 is 0 Å². The average Bonchev–Trinajstić information content (AvgIpc) is 2.34. The van der Waals surface area contributed by atoms with Crippen LogP contribution in [0.5, 0.6) is 0 Å². The maximum atomic E-state index is 13.4. The molecular weight excluding hydrogens is 285 g/mol. The second kappa shape index (κ2) is 6.25. The SMILES string of the molecule is O=[N+]([O-])c1cc([N+](=O)[O-])c(NCC(O)CCl)cc1F. The van der Waals surface area contributed by atoms with E-state index in [1.54, 1.807) is 0 Å². The number of hydrogen-bond donors (Lipinski definition) is 2. The van der Waals surface area contributed by atoms with Gasteiger partial charge in [0.05, 0.1) is 27.9 Å². The summed E-state index contributed by atoms with van der Waals surface area (Å²) in [5, 5.41) is 32.8. The van der Waals surface area contributed by atoms with Crippen molar-refractivity contribution >= 4 is 28.7 Å². The molecule has 10 heteroatoms. The van der Waals surface area contributed by atoms with Crippen LogP contribution in [-0.4, -0.2) is 33.5 Å². The first-order chi connectivity index (χ1) is 8.86. The summed E-state index contributed by atoms with van der Waals surface area (Å²) in [6.07, 6.45) is -0.987. The van der Waals surface area contributed by atoms with Gasteiger partial charge in [0.25, 0.3) is 5.69 Å². The van der Waals surface area contributed by atoms with Crippen molar-refractivity contribution in [2.45, 2.75) is 6.10 Å². The summed E-state index contributed by atoms with van der Waals surface area (Å²) in [6.45, 7) is -0.151. The highest BCUT2D eigenvalue weighted by atomic mass is 35.5. The molecule has 1 rings (SSSR count). The highest BCUT2D eigenvalue weighted by Gasteiger charge is 2.24. The zero-order valence-corrected chi connectivity index (χ0v) is 10.1. The molecule has 2 N–H and O–H groups in total. The standard InChI is InChI=1S/C9H9ClFN3O5/c10-3-5(15)4-12-7-1-6(11)8(13(16)17)2-9(7)14(18)19/h1-2,5,12,15H,3-4H2. The number of nitro benzene ring substituents is 2. The molecular formula is C9H9ClFN3O5. The van der Waals surface area contributed by atoms with Gasteiger partial charge in [-0.3, -0.25) is 20.2 Å². The van der Waals surface area contributed by atoms with Crippen molar-refractivity contribution in [2.24, 2.45) is 0 Å². The molecule has 104 valence electrons. The molecule has 0 spiro atoms. The highest BCUT2D eigenvalue weighted by molar-refractivity contribution is 6.18. The molecule has 1 aromatic rings. The minimum atomic E-state index is -1.21. The van der Waals surface area contributed by atoms with Crippen LogP contribution in [0.1, 0.15) is 0 Å². The number of nitro groups is 2. The highest BCUT2D eigenvalue weighted by Crippen LogP contribution is 2.31. The van der Waals surface area contributed by atoms with Gasteiger partial charge in [0.1, 0.15) is 5.69 Å². The maximum absolute atomic E-state index is 13.4. The van der Waals surface area contributed by atoms with Crippen molar-refractivity contribution in [1.29, 1.82) is 0 Å². The van der Waals surface area contributed by atoms with E-state index in [1.807, 2.05) is 0 Å². The Morgan fingerprint density at radius 2 is 1.89 bits per heavy atom. The number of halogens is 2. The molecule has 0 fully saturated rings. The fourth-order valence-corrected chi connectivity index (χ4v) is 1.37. The lowest BCUT2D eigenvalue weighted by molar-refractivity contribution is -0.395. The minimum absolute atomic E-state index is 0.115. The van der Waals surface area contributed by atoms with Gasteiger partial charge < -0.3 is 10.4 Å². The van der Waals surface area contributed by atoms with E-state index in [0.717, 1.165) is 0 Å². The smallest absolute Gasteiger partial charge is 0.311 e. The van der Waals surface area contributed by atoms with E-state index in [-0.39, 0.29) is 18.1 Å². The van der Waals surface area contributed by atoms with E-state index in [1.165, 1.54) is 0 Å². The Balaban J connectivity index is 3.12. The van der Waals surface area contributed by atoms with E-state index < -0.39 is 33.1 Å². The van der Waals surface area contributed by atoms with Crippen LogP contribution in [0.3, 0.4) is 0 Å². The minimum Gasteiger partial charge on any atom is -0.390 e. The molecule has 19 heavy (non-hydrogen) atoms. The molecule has 0 saturated heterocycles. The van der Waals surface area contributed by atoms with Crippen molar-refractivity contribution in [2.75, 3.05) is 17.7 Å². The number of alkyl halides is 1. The Bertz CT molecular complexity index is 513. The van der Waals surface area contributed by atoms with Crippen LogP contribution in [0.2, 0.25) is 0 Å². The van der Waals surface area contributed by atoms with Gasteiger partial charge in [0, 0.05) is 12.6 Å². The van der Waals surface area contributed by atoms with E-state index in [9.17, 15) is 29.7 Å². The Morgan fingerprint density at radius 3 is 2.37 bits per heavy atom. The van der Waals surface area contributed by atoms with Crippen LogP contribution >= 0.6 is 11.6 Å². The third kappa shape index (κ3) is 3.73. The third-order valence-electron chi connectivity index (χ3n) is 2.16. The summed E-state index contributed by atoms with van der Waals surface area (Å²) in [5.74, 6) is -1.32. The van der Waals surface area contributed by atoms with Gasteiger partial charge in [-0.15, -0.1) is 11.6 Å². The summed E-state index contributed by atoms with van der Waals surface area (Å²) in [7, 11) is 0. The summed E-state index contributed by atoms with van der Waals surface area (Å²) >= 11 is 5.33. The molecule has 0 aliphatic heterocycles. The molecule has 0 aliphatic rings. The molecule has 0 radical (unpaired) electrons. The molecule has 0 aliphatic carbocycles. The zero-order chi connectivity index (χ0) is 14.6. The number of anilines is 1. The van der Waals surface area contributed by atoms with Crippen LogP contribution in [0.4, 0.5) is 21.5 Å². The second-order valence-corrected chi connectivity index (χ2v) is 3.83. The van der Waals surface area contributed by atoms with Crippen LogP contribution < -0.4 is 5.32 Å². The zero-order valence-electron chi connectivity index (χ0n) is 9.38. The third-order valence-corrected chi connectivity index (χ3v) is 2.52. The summed E-state index contributed by atoms with van der Waals surface area (Å²) < 4.78 is 13.4. The first-order valence-corrected chi connectivity index (χ1v) is 5.50.